The molecule has 0 saturated carbocycles. The molecule has 1 aromatic rings. The van der Waals surface area contributed by atoms with Crippen LogP contribution < -0.4 is 0 Å². The first kappa shape index (κ1) is 20.3. The molecule has 160 valence electrons. The minimum atomic E-state index is -0.222. The van der Waals surface area contributed by atoms with E-state index in [9.17, 15) is 9.59 Å². The van der Waals surface area contributed by atoms with E-state index < -0.39 is 0 Å². The molecule has 0 bridgehead atoms. The molecule has 9 heteroatoms. The Hall–Kier alpha value is -2.03. The van der Waals surface area contributed by atoms with Crippen LogP contribution in [0.5, 0.6) is 0 Å². The Morgan fingerprint density at radius 2 is 2.03 bits per heavy atom. The summed E-state index contributed by atoms with van der Waals surface area (Å²) in [5.74, 6) is 0.928. The molecular formula is C20H32N6O3. The second-order valence-corrected chi connectivity index (χ2v) is 8.80. The molecule has 0 aliphatic carbocycles. The lowest BCUT2D eigenvalue weighted by molar-refractivity contribution is -0.143. The maximum atomic E-state index is 13.3. The van der Waals surface area contributed by atoms with Gasteiger partial charge in [-0.3, -0.25) is 9.59 Å². The van der Waals surface area contributed by atoms with Crippen LogP contribution in [0.25, 0.3) is 0 Å². The molecule has 0 aromatic carbocycles. The molecule has 4 rings (SSSR count). The summed E-state index contributed by atoms with van der Waals surface area (Å²) in [5, 5.41) is 12.0. The van der Waals surface area contributed by atoms with Gasteiger partial charge in [-0.15, -0.1) is 5.10 Å². The number of hydrogen-bond acceptors (Lipinski definition) is 6. The first-order valence-corrected chi connectivity index (χ1v) is 10.9. The molecule has 0 N–H and O–H groups in total. The Kier molecular flexibility index (Phi) is 6.12. The van der Waals surface area contributed by atoms with E-state index in [1.807, 2.05) is 9.80 Å². The number of aromatic nitrogens is 4. The van der Waals surface area contributed by atoms with Gasteiger partial charge in [-0.1, -0.05) is 6.42 Å². The van der Waals surface area contributed by atoms with Crippen LogP contribution in [0.15, 0.2) is 0 Å². The Balaban J connectivity index is 1.37. The van der Waals surface area contributed by atoms with Crippen molar-refractivity contribution in [2.75, 3.05) is 39.9 Å². The van der Waals surface area contributed by atoms with Gasteiger partial charge >= 0.3 is 0 Å². The number of fused-ring (bicyclic) bond motifs is 1. The van der Waals surface area contributed by atoms with Crippen LogP contribution in [-0.2, 0) is 20.9 Å². The van der Waals surface area contributed by atoms with Gasteiger partial charge in [0, 0.05) is 52.9 Å². The quantitative estimate of drug-likeness (QED) is 0.685. The topological polar surface area (TPSA) is 93.5 Å². The predicted octanol–water partition coefficient (Wildman–Crippen LogP) is 1.21. The van der Waals surface area contributed by atoms with Crippen molar-refractivity contribution >= 4 is 11.8 Å². The lowest BCUT2D eigenvalue weighted by Crippen LogP contribution is -2.53. The van der Waals surface area contributed by atoms with Gasteiger partial charge in [0.25, 0.3) is 0 Å². The molecule has 29 heavy (non-hydrogen) atoms. The number of piperidine rings is 2. The summed E-state index contributed by atoms with van der Waals surface area (Å²) in [6.45, 7) is 4.58. The zero-order valence-corrected chi connectivity index (χ0v) is 17.4. The lowest BCUT2D eigenvalue weighted by Gasteiger charge is -2.47. The Morgan fingerprint density at radius 3 is 2.83 bits per heavy atom. The van der Waals surface area contributed by atoms with Crippen molar-refractivity contribution in [2.24, 2.45) is 5.41 Å². The molecule has 2 amide bonds. The highest BCUT2D eigenvalue weighted by Crippen LogP contribution is 2.41. The average Bonchev–Trinajstić information content (AvgIpc) is 3.10. The minimum Gasteiger partial charge on any atom is -0.385 e. The van der Waals surface area contributed by atoms with Gasteiger partial charge in [-0.2, -0.15) is 0 Å². The summed E-state index contributed by atoms with van der Waals surface area (Å²) in [4.78, 5) is 29.6. The number of amides is 2. The van der Waals surface area contributed by atoms with Gasteiger partial charge in [-0.25, -0.2) is 4.68 Å². The molecule has 9 nitrogen and oxygen atoms in total. The van der Waals surface area contributed by atoms with E-state index >= 15 is 0 Å². The summed E-state index contributed by atoms with van der Waals surface area (Å²) < 4.78 is 6.93. The summed E-state index contributed by atoms with van der Waals surface area (Å²) in [5.41, 5.74) is 0.156. The molecule has 0 unspecified atom stereocenters. The van der Waals surface area contributed by atoms with E-state index in [4.69, 9.17) is 4.74 Å². The number of carbonyl (C=O) groups is 2. The molecule has 2 fully saturated rings. The molecule has 1 aromatic heterocycles. The highest BCUT2D eigenvalue weighted by atomic mass is 16.5. The first-order valence-electron chi connectivity index (χ1n) is 10.9. The first-order chi connectivity index (χ1) is 14.1. The molecular weight excluding hydrogens is 372 g/mol. The monoisotopic (exact) mass is 404 g/mol. The maximum Gasteiger partial charge on any atom is 0.233 e. The lowest BCUT2D eigenvalue weighted by atomic mass is 9.72. The van der Waals surface area contributed by atoms with E-state index in [-0.39, 0.29) is 23.1 Å². The fraction of sp³-hybridized carbons (Fsp3) is 0.850. The summed E-state index contributed by atoms with van der Waals surface area (Å²) in [6, 6.07) is 0. The number of carbonyl (C=O) groups excluding carboxylic acids is 2. The van der Waals surface area contributed by atoms with Crippen LogP contribution in [0.2, 0.25) is 0 Å². The number of tetrazole rings is 1. The van der Waals surface area contributed by atoms with E-state index in [0.717, 1.165) is 83.5 Å². The number of methoxy groups -OCH3 is 1. The van der Waals surface area contributed by atoms with Crippen LogP contribution in [-0.4, -0.2) is 81.7 Å². The summed E-state index contributed by atoms with van der Waals surface area (Å²) in [7, 11) is 1.69. The average molecular weight is 405 g/mol. The highest BCUT2D eigenvalue weighted by molar-refractivity contribution is 5.83. The number of ether oxygens (including phenoxy) is 1. The van der Waals surface area contributed by atoms with Crippen LogP contribution in [0.4, 0.5) is 0 Å². The second-order valence-electron chi connectivity index (χ2n) is 8.80. The summed E-state index contributed by atoms with van der Waals surface area (Å²) in [6.07, 6.45) is 7.21. The predicted molar refractivity (Wildman–Crippen MR) is 105 cm³/mol. The highest BCUT2D eigenvalue weighted by Gasteiger charge is 2.43. The fourth-order valence-corrected chi connectivity index (χ4v) is 5.13. The van der Waals surface area contributed by atoms with Gasteiger partial charge in [0.1, 0.15) is 0 Å². The molecule has 1 atom stereocenters. The van der Waals surface area contributed by atoms with E-state index in [1.165, 1.54) is 0 Å². The number of rotatable bonds is 5. The third kappa shape index (κ3) is 4.29. The minimum absolute atomic E-state index is 0.156. The van der Waals surface area contributed by atoms with Crippen molar-refractivity contribution in [3.63, 3.8) is 0 Å². The number of nitrogens with zero attached hydrogens (tertiary/aromatic N) is 6. The number of aryl methyl sites for hydroxylation is 1. The van der Waals surface area contributed by atoms with Gasteiger partial charge in [0.05, 0.1) is 5.92 Å². The van der Waals surface area contributed by atoms with Crippen LogP contribution in [0, 0.1) is 5.41 Å². The summed E-state index contributed by atoms with van der Waals surface area (Å²) >= 11 is 0. The van der Waals surface area contributed by atoms with Gasteiger partial charge < -0.3 is 14.5 Å². The zero-order valence-electron chi connectivity index (χ0n) is 17.4. The molecule has 3 aliphatic heterocycles. The second kappa shape index (κ2) is 8.77. The van der Waals surface area contributed by atoms with E-state index in [2.05, 4.69) is 15.5 Å². The van der Waals surface area contributed by atoms with E-state index in [1.54, 1.807) is 11.8 Å². The van der Waals surface area contributed by atoms with Crippen molar-refractivity contribution in [3.8, 4) is 0 Å². The third-order valence-corrected chi connectivity index (χ3v) is 6.94. The Labute approximate surface area is 171 Å². The molecule has 2 saturated heterocycles. The molecule has 3 aliphatic rings. The molecule has 4 heterocycles. The smallest absolute Gasteiger partial charge is 0.233 e. The van der Waals surface area contributed by atoms with Crippen molar-refractivity contribution in [1.29, 1.82) is 0 Å². The maximum absolute atomic E-state index is 13.3. The van der Waals surface area contributed by atoms with Crippen molar-refractivity contribution in [1.82, 2.24) is 30.0 Å². The number of likely N-dealkylation sites (tertiary alicyclic amines) is 2. The molecule has 1 spiro atoms. The van der Waals surface area contributed by atoms with Crippen molar-refractivity contribution in [2.45, 2.75) is 63.8 Å². The van der Waals surface area contributed by atoms with Crippen molar-refractivity contribution in [3.05, 3.63) is 5.82 Å². The number of hydrogen-bond donors (Lipinski definition) is 0. The van der Waals surface area contributed by atoms with E-state index in [0.29, 0.717) is 13.0 Å². The Bertz CT molecular complexity index is 728. The Morgan fingerprint density at radius 1 is 1.21 bits per heavy atom. The van der Waals surface area contributed by atoms with Gasteiger partial charge in [-0.05, 0) is 54.4 Å². The van der Waals surface area contributed by atoms with Gasteiger partial charge in [0.2, 0.25) is 11.8 Å². The SMILES string of the molecule is COCCCN1CC2(CCC1=O)CCN(C(=O)[C@H]1CCCCn3nnnc31)CC2. The van der Waals surface area contributed by atoms with Crippen molar-refractivity contribution < 1.29 is 14.3 Å². The largest absolute Gasteiger partial charge is 0.385 e. The fourth-order valence-electron chi connectivity index (χ4n) is 5.13. The standard InChI is InChI=1S/C20H32N6O3/c1-29-14-4-10-25-15-20(7-6-17(25)27)8-12-24(13-9-20)19(28)16-5-2-3-11-26-18(16)21-22-23-26/h16H,2-15H2,1H3/t16-/m0/s1. The van der Waals surface area contributed by atoms with Crippen LogP contribution >= 0.6 is 0 Å². The molecule has 0 radical (unpaired) electrons. The normalized spacial score (nSPS) is 24.4. The van der Waals surface area contributed by atoms with Gasteiger partial charge in [0.15, 0.2) is 5.82 Å². The zero-order chi connectivity index (χ0) is 20.3. The third-order valence-electron chi connectivity index (χ3n) is 6.94. The van der Waals surface area contributed by atoms with Crippen LogP contribution in [0.1, 0.15) is 63.1 Å². The van der Waals surface area contributed by atoms with Crippen LogP contribution in [0.3, 0.4) is 0 Å².